The van der Waals surface area contributed by atoms with E-state index in [0.29, 0.717) is 6.61 Å². The van der Waals surface area contributed by atoms with E-state index in [1.807, 2.05) is 16.8 Å². The molecule has 1 rings (SSSR count). The molecule has 0 saturated carbocycles. The van der Waals surface area contributed by atoms with Crippen molar-refractivity contribution in [1.29, 1.82) is 0 Å². The van der Waals surface area contributed by atoms with Crippen LogP contribution in [0.25, 0.3) is 0 Å². The van der Waals surface area contributed by atoms with Crippen molar-refractivity contribution >= 4 is 40.4 Å². The van der Waals surface area contributed by atoms with Gasteiger partial charge < -0.3 is 10.1 Å². The van der Waals surface area contributed by atoms with Gasteiger partial charge in [-0.25, -0.2) is 4.79 Å². The van der Waals surface area contributed by atoms with Crippen LogP contribution in [0.5, 0.6) is 0 Å². The first-order valence-corrected chi connectivity index (χ1v) is 5.34. The van der Waals surface area contributed by atoms with Crippen molar-refractivity contribution in [2.24, 2.45) is 0 Å². The van der Waals surface area contributed by atoms with E-state index in [1.54, 1.807) is 18.3 Å². The lowest BCUT2D eigenvalue weighted by atomic mass is 10.5. The Morgan fingerprint density at radius 1 is 1.71 bits per heavy atom. The molecule has 1 amide bonds. The first-order valence-electron chi connectivity index (χ1n) is 3.99. The van der Waals surface area contributed by atoms with Crippen LogP contribution in [0.2, 0.25) is 0 Å². The minimum atomic E-state index is -0.541. The number of nitrogens with one attached hydrogen (secondary N) is 2. The first kappa shape index (κ1) is 10.9. The van der Waals surface area contributed by atoms with Crippen molar-refractivity contribution in [3.63, 3.8) is 0 Å². The summed E-state index contributed by atoms with van der Waals surface area (Å²) in [6.07, 6.45) is -0.541. The van der Waals surface area contributed by atoms with Crippen LogP contribution in [-0.4, -0.2) is 17.8 Å². The third-order valence-electron chi connectivity index (χ3n) is 1.27. The standard InChI is InChI=1S/C8H10N2O2S2/c1-2-12-8(11)10-7(13)9-6-3-4-14-5-6/h3-5H,2H2,1H3,(H2,9,10,11,13). The lowest BCUT2D eigenvalue weighted by Gasteiger charge is -2.07. The summed E-state index contributed by atoms with van der Waals surface area (Å²) in [6.45, 7) is 2.06. The molecule has 2 N–H and O–H groups in total. The van der Waals surface area contributed by atoms with Crippen LogP contribution >= 0.6 is 23.6 Å². The van der Waals surface area contributed by atoms with E-state index in [9.17, 15) is 4.79 Å². The van der Waals surface area contributed by atoms with E-state index in [2.05, 4.69) is 15.4 Å². The number of anilines is 1. The summed E-state index contributed by atoms with van der Waals surface area (Å²) >= 11 is 6.42. The second-order valence-electron chi connectivity index (χ2n) is 2.31. The Kier molecular flexibility index (Phi) is 4.34. The summed E-state index contributed by atoms with van der Waals surface area (Å²) in [6, 6.07) is 1.86. The molecule has 4 nitrogen and oxygen atoms in total. The zero-order valence-corrected chi connectivity index (χ0v) is 9.21. The van der Waals surface area contributed by atoms with E-state index in [4.69, 9.17) is 12.2 Å². The molecule has 6 heteroatoms. The van der Waals surface area contributed by atoms with Crippen LogP contribution in [0.15, 0.2) is 16.8 Å². The van der Waals surface area contributed by atoms with E-state index < -0.39 is 6.09 Å². The number of hydrogen-bond acceptors (Lipinski definition) is 4. The minimum Gasteiger partial charge on any atom is -0.450 e. The van der Waals surface area contributed by atoms with Gasteiger partial charge in [-0.3, -0.25) is 5.32 Å². The lowest BCUT2D eigenvalue weighted by molar-refractivity contribution is 0.158. The number of rotatable bonds is 2. The summed E-state index contributed by atoms with van der Waals surface area (Å²) in [5, 5.41) is 9.26. The molecular formula is C8H10N2O2S2. The van der Waals surface area contributed by atoms with Crippen LogP contribution in [0, 0.1) is 0 Å². The second kappa shape index (κ2) is 5.56. The molecule has 0 fully saturated rings. The Morgan fingerprint density at radius 2 is 2.50 bits per heavy atom. The van der Waals surface area contributed by atoms with Crippen molar-refractivity contribution < 1.29 is 9.53 Å². The summed E-state index contributed by atoms with van der Waals surface area (Å²) in [5.41, 5.74) is 0.858. The van der Waals surface area contributed by atoms with Crippen LogP contribution in [-0.2, 0) is 4.74 Å². The van der Waals surface area contributed by atoms with E-state index >= 15 is 0 Å². The minimum absolute atomic E-state index is 0.238. The molecule has 0 aromatic carbocycles. The molecule has 0 atom stereocenters. The van der Waals surface area contributed by atoms with Gasteiger partial charge in [0.2, 0.25) is 0 Å². The third-order valence-corrected chi connectivity index (χ3v) is 2.16. The van der Waals surface area contributed by atoms with Gasteiger partial charge in [0.1, 0.15) is 0 Å². The smallest absolute Gasteiger partial charge is 0.413 e. The molecule has 76 valence electrons. The fraction of sp³-hybridized carbons (Fsp3) is 0.250. The fourth-order valence-electron chi connectivity index (χ4n) is 0.758. The summed E-state index contributed by atoms with van der Waals surface area (Å²) < 4.78 is 4.66. The predicted molar refractivity (Wildman–Crippen MR) is 60.7 cm³/mol. The highest BCUT2D eigenvalue weighted by Crippen LogP contribution is 2.11. The molecule has 0 aliphatic carbocycles. The zero-order chi connectivity index (χ0) is 10.4. The molecule has 14 heavy (non-hydrogen) atoms. The normalized spacial score (nSPS) is 9.21. The van der Waals surface area contributed by atoms with Gasteiger partial charge in [0.25, 0.3) is 0 Å². The molecule has 0 radical (unpaired) electrons. The van der Waals surface area contributed by atoms with E-state index in [1.165, 1.54) is 0 Å². The SMILES string of the molecule is CCOC(=O)NC(=S)Nc1ccsc1. The highest BCUT2D eigenvalue weighted by atomic mass is 32.1. The Labute approximate surface area is 91.3 Å². The summed E-state index contributed by atoms with van der Waals surface area (Å²) in [5.74, 6) is 0. The zero-order valence-electron chi connectivity index (χ0n) is 7.57. The average Bonchev–Trinajstić information content (AvgIpc) is 2.56. The second-order valence-corrected chi connectivity index (χ2v) is 3.50. The van der Waals surface area contributed by atoms with Gasteiger partial charge in [0.15, 0.2) is 5.11 Å². The lowest BCUT2D eigenvalue weighted by Crippen LogP contribution is -2.34. The van der Waals surface area contributed by atoms with Gasteiger partial charge in [0.05, 0.1) is 12.3 Å². The van der Waals surface area contributed by atoms with Crippen molar-refractivity contribution in [2.75, 3.05) is 11.9 Å². The number of carbonyl (C=O) groups is 1. The highest BCUT2D eigenvalue weighted by molar-refractivity contribution is 7.80. The molecule has 1 heterocycles. The predicted octanol–water partition coefficient (Wildman–Crippen LogP) is 2.19. The van der Waals surface area contributed by atoms with Crippen LogP contribution < -0.4 is 10.6 Å². The highest BCUT2D eigenvalue weighted by Gasteiger charge is 2.03. The van der Waals surface area contributed by atoms with Crippen molar-refractivity contribution in [2.45, 2.75) is 6.92 Å². The Morgan fingerprint density at radius 3 is 3.07 bits per heavy atom. The Balaban J connectivity index is 2.33. The molecule has 0 bridgehead atoms. The Bertz CT molecular complexity index is 311. The Hall–Kier alpha value is -1.14. The third kappa shape index (κ3) is 3.71. The molecule has 0 unspecified atom stereocenters. The van der Waals surface area contributed by atoms with Gasteiger partial charge in [-0.05, 0) is 30.6 Å². The molecule has 1 aromatic heterocycles. The van der Waals surface area contributed by atoms with E-state index in [-0.39, 0.29) is 5.11 Å². The molecule has 0 spiro atoms. The van der Waals surface area contributed by atoms with Gasteiger partial charge in [0, 0.05) is 5.38 Å². The molecule has 0 aliphatic heterocycles. The maximum Gasteiger partial charge on any atom is 0.413 e. The fourth-order valence-corrected chi connectivity index (χ4v) is 1.55. The van der Waals surface area contributed by atoms with Gasteiger partial charge in [-0.2, -0.15) is 11.3 Å². The number of alkyl carbamates (subject to hydrolysis) is 1. The van der Waals surface area contributed by atoms with Gasteiger partial charge in [-0.1, -0.05) is 0 Å². The number of thiocarbonyl (C=S) groups is 1. The summed E-state index contributed by atoms with van der Waals surface area (Å²) in [4.78, 5) is 10.9. The van der Waals surface area contributed by atoms with Crippen LogP contribution in [0.1, 0.15) is 6.92 Å². The number of ether oxygens (including phenoxy) is 1. The van der Waals surface area contributed by atoms with Gasteiger partial charge >= 0.3 is 6.09 Å². The maximum atomic E-state index is 10.9. The first-order chi connectivity index (χ1) is 6.72. The van der Waals surface area contributed by atoms with Crippen LogP contribution in [0.4, 0.5) is 10.5 Å². The number of amides is 1. The van der Waals surface area contributed by atoms with Crippen molar-refractivity contribution in [1.82, 2.24) is 5.32 Å². The van der Waals surface area contributed by atoms with Gasteiger partial charge in [-0.15, -0.1) is 0 Å². The number of carbonyl (C=O) groups excluding carboxylic acids is 1. The monoisotopic (exact) mass is 230 g/mol. The quantitative estimate of drug-likeness (QED) is 0.765. The topological polar surface area (TPSA) is 50.4 Å². The number of hydrogen-bond donors (Lipinski definition) is 2. The van der Waals surface area contributed by atoms with Crippen molar-refractivity contribution in [3.05, 3.63) is 16.8 Å². The molecule has 0 saturated heterocycles. The molecule has 0 aliphatic rings. The maximum absolute atomic E-state index is 10.9. The van der Waals surface area contributed by atoms with E-state index in [0.717, 1.165) is 5.69 Å². The van der Waals surface area contributed by atoms with Crippen LogP contribution in [0.3, 0.4) is 0 Å². The molecule has 1 aromatic rings. The van der Waals surface area contributed by atoms with Crippen molar-refractivity contribution in [3.8, 4) is 0 Å². The number of thiophene rings is 1. The summed E-state index contributed by atoms with van der Waals surface area (Å²) in [7, 11) is 0. The largest absolute Gasteiger partial charge is 0.450 e. The average molecular weight is 230 g/mol. The molecular weight excluding hydrogens is 220 g/mol.